The number of piperidine rings is 1. The van der Waals surface area contributed by atoms with Crippen LogP contribution in [0, 0.1) is 0 Å². The molecule has 1 aromatic heterocycles. The van der Waals surface area contributed by atoms with E-state index in [-0.39, 0.29) is 18.6 Å². The summed E-state index contributed by atoms with van der Waals surface area (Å²) in [6, 6.07) is 3.92. The minimum atomic E-state index is -0.805. The van der Waals surface area contributed by atoms with Crippen LogP contribution in [0.5, 0.6) is 0 Å². The first-order chi connectivity index (χ1) is 10.2. The molecule has 2 aliphatic rings. The molecular weight excluding hydrogens is 270 g/mol. The second kappa shape index (κ2) is 6.49. The van der Waals surface area contributed by atoms with Gasteiger partial charge >= 0.3 is 6.03 Å². The fraction of sp³-hybridized carbons (Fsp3) is 0.667. The van der Waals surface area contributed by atoms with Crippen LogP contribution in [0.3, 0.4) is 0 Å². The Labute approximate surface area is 124 Å². The average molecular weight is 293 g/mol. The maximum atomic E-state index is 12.0. The Kier molecular flexibility index (Phi) is 4.45. The van der Waals surface area contributed by atoms with Crippen LogP contribution in [0.4, 0.5) is 4.79 Å². The van der Waals surface area contributed by atoms with Gasteiger partial charge in [-0.1, -0.05) is 6.42 Å². The molecule has 6 heteroatoms. The molecule has 0 radical (unpaired) electrons. The van der Waals surface area contributed by atoms with Crippen molar-refractivity contribution in [3.63, 3.8) is 0 Å². The van der Waals surface area contributed by atoms with Crippen molar-refractivity contribution in [2.24, 2.45) is 0 Å². The Hall–Kier alpha value is -1.53. The highest BCUT2D eigenvalue weighted by molar-refractivity contribution is 5.74. The summed E-state index contributed by atoms with van der Waals surface area (Å²) in [7, 11) is 0. The zero-order valence-electron chi connectivity index (χ0n) is 12.1. The second-order valence-electron chi connectivity index (χ2n) is 5.88. The summed E-state index contributed by atoms with van der Waals surface area (Å²) in [5, 5.41) is 15.6. The number of nitrogens with zero attached hydrogens (tertiary/aromatic N) is 1. The fourth-order valence-electron chi connectivity index (χ4n) is 3.41. The van der Waals surface area contributed by atoms with Gasteiger partial charge in [0, 0.05) is 18.6 Å². The summed E-state index contributed by atoms with van der Waals surface area (Å²) in [4.78, 5) is 14.4. The molecular formula is C15H23N3O3. The predicted octanol–water partition coefficient (Wildman–Crippen LogP) is 1.24. The second-order valence-corrected chi connectivity index (χ2v) is 5.88. The highest BCUT2D eigenvalue weighted by Gasteiger charge is 2.36. The molecule has 116 valence electrons. The Bertz CT molecular complexity index is 463. The monoisotopic (exact) mass is 293 g/mol. The van der Waals surface area contributed by atoms with Gasteiger partial charge in [0.15, 0.2) is 0 Å². The molecule has 2 aliphatic heterocycles. The maximum absolute atomic E-state index is 12.0. The first-order valence-corrected chi connectivity index (χ1v) is 7.74. The van der Waals surface area contributed by atoms with Gasteiger partial charge < -0.3 is 20.2 Å². The number of nitrogens with one attached hydrogen (secondary N) is 2. The summed E-state index contributed by atoms with van der Waals surface area (Å²) >= 11 is 0. The molecule has 0 aliphatic carbocycles. The SMILES string of the molecule is O=C(NCC(O)c1ccco1)NC1CCN2CCCCC12. The Morgan fingerprint density at radius 3 is 3.14 bits per heavy atom. The number of carbonyl (C=O) groups is 1. The van der Waals surface area contributed by atoms with Crippen LogP contribution >= 0.6 is 0 Å². The van der Waals surface area contributed by atoms with E-state index in [1.807, 2.05) is 0 Å². The zero-order valence-corrected chi connectivity index (χ0v) is 12.1. The fourth-order valence-corrected chi connectivity index (χ4v) is 3.41. The largest absolute Gasteiger partial charge is 0.467 e. The molecule has 3 atom stereocenters. The van der Waals surface area contributed by atoms with Gasteiger partial charge in [0.2, 0.25) is 0 Å². The molecule has 3 N–H and O–H groups in total. The van der Waals surface area contributed by atoms with Crippen LogP contribution in [0.15, 0.2) is 22.8 Å². The number of fused-ring (bicyclic) bond motifs is 1. The summed E-state index contributed by atoms with van der Waals surface area (Å²) in [6.45, 7) is 2.38. The van der Waals surface area contributed by atoms with Crippen LogP contribution in [0.2, 0.25) is 0 Å². The van der Waals surface area contributed by atoms with Gasteiger partial charge in [-0.25, -0.2) is 4.79 Å². The number of hydrogen-bond acceptors (Lipinski definition) is 4. The molecule has 3 unspecified atom stereocenters. The summed E-state index contributed by atoms with van der Waals surface area (Å²) in [5.41, 5.74) is 0. The Morgan fingerprint density at radius 1 is 1.43 bits per heavy atom. The van der Waals surface area contributed by atoms with Crippen LogP contribution in [-0.4, -0.2) is 47.8 Å². The summed E-state index contributed by atoms with van der Waals surface area (Å²) in [6.07, 6.45) is 5.40. The quantitative estimate of drug-likeness (QED) is 0.780. The Balaban J connectivity index is 1.44. The standard InChI is InChI=1S/C15H23N3O3/c19-13(14-5-3-9-21-14)10-16-15(20)17-11-6-8-18-7-2-1-4-12(11)18/h3,5,9,11-13,19H,1-2,4,6-8,10H2,(H2,16,17,20). The lowest BCUT2D eigenvalue weighted by Crippen LogP contribution is -2.50. The average Bonchev–Trinajstić information content (AvgIpc) is 3.15. The number of aliphatic hydroxyl groups is 1. The lowest BCUT2D eigenvalue weighted by molar-refractivity contribution is 0.146. The molecule has 0 spiro atoms. The molecule has 1 aromatic rings. The maximum Gasteiger partial charge on any atom is 0.315 e. The highest BCUT2D eigenvalue weighted by Crippen LogP contribution is 2.27. The number of hydrogen-bond donors (Lipinski definition) is 3. The van der Waals surface area contributed by atoms with E-state index in [0.29, 0.717) is 11.8 Å². The molecule has 2 fully saturated rings. The van der Waals surface area contributed by atoms with E-state index in [1.165, 1.54) is 25.5 Å². The van der Waals surface area contributed by atoms with Crippen molar-refractivity contribution >= 4 is 6.03 Å². The normalized spacial score (nSPS) is 27.1. The van der Waals surface area contributed by atoms with Crippen molar-refractivity contribution in [3.8, 4) is 0 Å². The molecule has 2 amide bonds. The third-order valence-corrected chi connectivity index (χ3v) is 4.50. The smallest absolute Gasteiger partial charge is 0.315 e. The van der Waals surface area contributed by atoms with Gasteiger partial charge in [-0.15, -0.1) is 0 Å². The Morgan fingerprint density at radius 2 is 2.33 bits per heavy atom. The van der Waals surface area contributed by atoms with Gasteiger partial charge in [-0.2, -0.15) is 0 Å². The van der Waals surface area contributed by atoms with Gasteiger partial charge in [0.05, 0.1) is 12.8 Å². The van der Waals surface area contributed by atoms with Gasteiger partial charge in [0.1, 0.15) is 11.9 Å². The number of rotatable bonds is 4. The molecule has 0 aromatic carbocycles. The van der Waals surface area contributed by atoms with Crippen LogP contribution in [-0.2, 0) is 0 Å². The summed E-state index contributed by atoms with van der Waals surface area (Å²) < 4.78 is 5.10. The molecule has 0 bridgehead atoms. The van der Waals surface area contributed by atoms with E-state index >= 15 is 0 Å². The molecule has 6 nitrogen and oxygen atoms in total. The lowest BCUT2D eigenvalue weighted by Gasteiger charge is -2.32. The molecule has 3 rings (SSSR count). The lowest BCUT2D eigenvalue weighted by atomic mass is 9.99. The van der Waals surface area contributed by atoms with E-state index in [0.717, 1.165) is 19.5 Å². The van der Waals surface area contributed by atoms with Crippen molar-refractivity contribution < 1.29 is 14.3 Å². The minimum absolute atomic E-state index is 0.153. The van der Waals surface area contributed by atoms with Crippen LogP contribution in [0.1, 0.15) is 37.5 Å². The number of aliphatic hydroxyl groups excluding tert-OH is 1. The molecule has 0 saturated carbocycles. The van der Waals surface area contributed by atoms with Crippen molar-refractivity contribution in [1.29, 1.82) is 0 Å². The van der Waals surface area contributed by atoms with Crippen molar-refractivity contribution in [2.75, 3.05) is 19.6 Å². The zero-order chi connectivity index (χ0) is 14.7. The number of amides is 2. The van der Waals surface area contributed by atoms with Crippen molar-refractivity contribution in [1.82, 2.24) is 15.5 Å². The third-order valence-electron chi connectivity index (χ3n) is 4.50. The first-order valence-electron chi connectivity index (χ1n) is 7.74. The third kappa shape index (κ3) is 3.39. The molecule has 21 heavy (non-hydrogen) atoms. The molecule has 3 heterocycles. The van der Waals surface area contributed by atoms with Gasteiger partial charge in [-0.05, 0) is 37.9 Å². The summed E-state index contributed by atoms with van der Waals surface area (Å²) in [5.74, 6) is 0.467. The van der Waals surface area contributed by atoms with E-state index in [1.54, 1.807) is 12.1 Å². The first kappa shape index (κ1) is 14.4. The number of furan rings is 1. The molecule has 2 saturated heterocycles. The number of urea groups is 1. The van der Waals surface area contributed by atoms with Crippen molar-refractivity contribution in [2.45, 2.75) is 43.9 Å². The van der Waals surface area contributed by atoms with Gasteiger partial charge in [-0.3, -0.25) is 4.90 Å². The number of carbonyl (C=O) groups excluding carboxylic acids is 1. The van der Waals surface area contributed by atoms with Crippen LogP contribution in [0.25, 0.3) is 0 Å². The van der Waals surface area contributed by atoms with E-state index in [2.05, 4.69) is 15.5 Å². The predicted molar refractivity (Wildman–Crippen MR) is 77.8 cm³/mol. The van der Waals surface area contributed by atoms with Crippen LogP contribution < -0.4 is 10.6 Å². The minimum Gasteiger partial charge on any atom is -0.467 e. The highest BCUT2D eigenvalue weighted by atomic mass is 16.4. The van der Waals surface area contributed by atoms with E-state index < -0.39 is 6.10 Å². The van der Waals surface area contributed by atoms with E-state index in [9.17, 15) is 9.90 Å². The topological polar surface area (TPSA) is 77.7 Å². The van der Waals surface area contributed by atoms with Gasteiger partial charge in [0.25, 0.3) is 0 Å². The van der Waals surface area contributed by atoms with Crippen molar-refractivity contribution in [3.05, 3.63) is 24.2 Å². The van der Waals surface area contributed by atoms with E-state index in [4.69, 9.17) is 4.42 Å².